The quantitative estimate of drug-likeness (QED) is 0.927. The van der Waals surface area contributed by atoms with Gasteiger partial charge in [0.1, 0.15) is 17.5 Å². The molecule has 1 saturated carbocycles. The van der Waals surface area contributed by atoms with Gasteiger partial charge in [0, 0.05) is 24.2 Å². The Kier molecular flexibility index (Phi) is 3.08. The topological polar surface area (TPSA) is 55.0 Å². The Morgan fingerprint density at radius 2 is 1.75 bits per heavy atom. The maximum absolute atomic E-state index is 6.05. The number of anilines is 3. The van der Waals surface area contributed by atoms with E-state index < -0.39 is 0 Å². The highest BCUT2D eigenvalue weighted by atomic mass is 15.2. The lowest BCUT2D eigenvalue weighted by atomic mass is 10.2. The maximum Gasteiger partial charge on any atom is 0.141 e. The standard InChI is InChI=1S/C16H20N4/c1-10-4-8-13(9-5-10)20(3)16-11(2)14(17)18-15(19-16)12-6-7-12/h4-5,8-9,12H,6-7H2,1-3H3,(H2,17,18,19). The highest BCUT2D eigenvalue weighted by molar-refractivity contribution is 5.66. The molecular formula is C16H20N4. The number of aryl methyl sites for hydroxylation is 1. The molecule has 0 amide bonds. The lowest BCUT2D eigenvalue weighted by Gasteiger charge is -2.21. The summed E-state index contributed by atoms with van der Waals surface area (Å²) in [6.45, 7) is 4.06. The van der Waals surface area contributed by atoms with Gasteiger partial charge in [-0.3, -0.25) is 0 Å². The normalized spacial score (nSPS) is 14.3. The number of benzene rings is 1. The van der Waals surface area contributed by atoms with Gasteiger partial charge in [0.15, 0.2) is 0 Å². The first-order valence-electron chi connectivity index (χ1n) is 7.00. The van der Waals surface area contributed by atoms with Crippen molar-refractivity contribution in [2.75, 3.05) is 17.7 Å². The second kappa shape index (κ2) is 4.78. The van der Waals surface area contributed by atoms with Crippen LogP contribution in [0.3, 0.4) is 0 Å². The van der Waals surface area contributed by atoms with Crippen molar-refractivity contribution in [3.8, 4) is 0 Å². The number of rotatable bonds is 3. The monoisotopic (exact) mass is 268 g/mol. The molecule has 1 heterocycles. The first-order chi connectivity index (χ1) is 9.56. The second-order valence-corrected chi connectivity index (χ2v) is 5.58. The van der Waals surface area contributed by atoms with Crippen molar-refractivity contribution >= 4 is 17.3 Å². The van der Waals surface area contributed by atoms with Crippen LogP contribution in [0, 0.1) is 13.8 Å². The van der Waals surface area contributed by atoms with Crippen LogP contribution >= 0.6 is 0 Å². The molecule has 0 radical (unpaired) electrons. The third-order valence-corrected chi connectivity index (χ3v) is 3.86. The van der Waals surface area contributed by atoms with E-state index in [9.17, 15) is 0 Å². The average Bonchev–Trinajstić information content (AvgIpc) is 3.26. The lowest BCUT2D eigenvalue weighted by molar-refractivity contribution is 0.910. The molecule has 1 aliphatic carbocycles. The Morgan fingerprint density at radius 1 is 1.10 bits per heavy atom. The molecule has 4 heteroatoms. The molecule has 0 unspecified atom stereocenters. The van der Waals surface area contributed by atoms with Gasteiger partial charge in [-0.2, -0.15) is 0 Å². The zero-order valence-corrected chi connectivity index (χ0v) is 12.2. The van der Waals surface area contributed by atoms with Crippen LogP contribution in [0.1, 0.15) is 35.7 Å². The summed E-state index contributed by atoms with van der Waals surface area (Å²) in [6.07, 6.45) is 2.35. The first kappa shape index (κ1) is 12.9. The van der Waals surface area contributed by atoms with E-state index in [-0.39, 0.29) is 0 Å². The molecule has 104 valence electrons. The van der Waals surface area contributed by atoms with Crippen LogP contribution in [0.5, 0.6) is 0 Å². The van der Waals surface area contributed by atoms with Crippen molar-refractivity contribution in [2.45, 2.75) is 32.6 Å². The van der Waals surface area contributed by atoms with Gasteiger partial charge in [-0.15, -0.1) is 0 Å². The summed E-state index contributed by atoms with van der Waals surface area (Å²) in [5.74, 6) is 2.89. The fourth-order valence-electron chi connectivity index (χ4n) is 2.28. The van der Waals surface area contributed by atoms with Gasteiger partial charge in [-0.05, 0) is 38.8 Å². The van der Waals surface area contributed by atoms with Crippen LogP contribution in [-0.4, -0.2) is 17.0 Å². The van der Waals surface area contributed by atoms with Crippen LogP contribution in [0.4, 0.5) is 17.3 Å². The summed E-state index contributed by atoms with van der Waals surface area (Å²) in [6, 6.07) is 8.41. The summed E-state index contributed by atoms with van der Waals surface area (Å²) in [4.78, 5) is 11.2. The molecule has 0 saturated heterocycles. The number of aromatic nitrogens is 2. The van der Waals surface area contributed by atoms with Crippen LogP contribution in [0.15, 0.2) is 24.3 Å². The summed E-state index contributed by atoms with van der Waals surface area (Å²) in [5.41, 5.74) is 9.35. The van der Waals surface area contributed by atoms with E-state index >= 15 is 0 Å². The summed E-state index contributed by atoms with van der Waals surface area (Å²) < 4.78 is 0. The average molecular weight is 268 g/mol. The molecule has 0 atom stereocenters. The Morgan fingerprint density at radius 3 is 2.35 bits per heavy atom. The molecule has 0 spiro atoms. The number of hydrogen-bond donors (Lipinski definition) is 1. The van der Waals surface area contributed by atoms with Gasteiger partial charge in [-0.25, -0.2) is 9.97 Å². The summed E-state index contributed by atoms with van der Waals surface area (Å²) in [7, 11) is 2.02. The van der Waals surface area contributed by atoms with Crippen LogP contribution in [0.25, 0.3) is 0 Å². The highest BCUT2D eigenvalue weighted by Gasteiger charge is 2.28. The van der Waals surface area contributed by atoms with Crippen molar-refractivity contribution in [1.29, 1.82) is 0 Å². The minimum atomic E-state index is 0.503. The van der Waals surface area contributed by atoms with Crippen molar-refractivity contribution in [3.05, 3.63) is 41.2 Å². The van der Waals surface area contributed by atoms with E-state index in [1.165, 1.54) is 18.4 Å². The SMILES string of the molecule is Cc1ccc(N(C)c2nc(C3CC3)nc(N)c2C)cc1. The van der Waals surface area contributed by atoms with E-state index in [4.69, 9.17) is 10.7 Å². The Labute approximate surface area is 119 Å². The first-order valence-corrected chi connectivity index (χ1v) is 7.00. The zero-order chi connectivity index (χ0) is 14.3. The molecule has 2 aromatic rings. The molecule has 0 bridgehead atoms. The zero-order valence-electron chi connectivity index (χ0n) is 12.2. The Bertz CT molecular complexity index is 630. The van der Waals surface area contributed by atoms with Gasteiger partial charge in [0.2, 0.25) is 0 Å². The van der Waals surface area contributed by atoms with E-state index in [1.54, 1.807) is 0 Å². The molecule has 1 fully saturated rings. The van der Waals surface area contributed by atoms with Gasteiger partial charge in [0.05, 0.1) is 0 Å². The van der Waals surface area contributed by atoms with E-state index in [1.807, 2.05) is 14.0 Å². The number of nitrogens with two attached hydrogens (primary N) is 1. The van der Waals surface area contributed by atoms with Gasteiger partial charge < -0.3 is 10.6 Å². The number of nitrogens with zero attached hydrogens (tertiary/aromatic N) is 3. The minimum Gasteiger partial charge on any atom is -0.383 e. The van der Waals surface area contributed by atoms with Crippen LogP contribution in [0.2, 0.25) is 0 Å². The van der Waals surface area contributed by atoms with E-state index in [2.05, 4.69) is 41.1 Å². The van der Waals surface area contributed by atoms with Crippen LogP contribution < -0.4 is 10.6 Å². The van der Waals surface area contributed by atoms with Gasteiger partial charge >= 0.3 is 0 Å². The fourth-order valence-corrected chi connectivity index (χ4v) is 2.28. The molecule has 20 heavy (non-hydrogen) atoms. The van der Waals surface area contributed by atoms with Crippen LogP contribution in [-0.2, 0) is 0 Å². The largest absolute Gasteiger partial charge is 0.383 e. The van der Waals surface area contributed by atoms with E-state index in [0.29, 0.717) is 11.7 Å². The minimum absolute atomic E-state index is 0.503. The predicted molar refractivity (Wildman–Crippen MR) is 82.4 cm³/mol. The smallest absolute Gasteiger partial charge is 0.141 e. The summed E-state index contributed by atoms with van der Waals surface area (Å²) >= 11 is 0. The van der Waals surface area contributed by atoms with Gasteiger partial charge in [-0.1, -0.05) is 17.7 Å². The van der Waals surface area contributed by atoms with Crippen molar-refractivity contribution in [1.82, 2.24) is 9.97 Å². The Hall–Kier alpha value is -2.10. The highest BCUT2D eigenvalue weighted by Crippen LogP contribution is 2.40. The molecule has 1 aliphatic rings. The molecule has 1 aromatic carbocycles. The molecule has 3 rings (SSSR count). The molecule has 2 N–H and O–H groups in total. The molecule has 1 aromatic heterocycles. The third kappa shape index (κ3) is 2.33. The van der Waals surface area contributed by atoms with Crippen molar-refractivity contribution < 1.29 is 0 Å². The summed E-state index contributed by atoms with van der Waals surface area (Å²) in [5, 5.41) is 0. The van der Waals surface area contributed by atoms with Gasteiger partial charge in [0.25, 0.3) is 0 Å². The lowest BCUT2D eigenvalue weighted by Crippen LogP contribution is -2.16. The molecule has 0 aliphatic heterocycles. The number of hydrogen-bond acceptors (Lipinski definition) is 4. The fraction of sp³-hybridized carbons (Fsp3) is 0.375. The van der Waals surface area contributed by atoms with Crippen molar-refractivity contribution in [3.63, 3.8) is 0 Å². The maximum atomic E-state index is 6.05. The second-order valence-electron chi connectivity index (χ2n) is 5.58. The molecule has 4 nitrogen and oxygen atoms in total. The Balaban J connectivity index is 2.01. The molecular weight excluding hydrogens is 248 g/mol. The third-order valence-electron chi connectivity index (χ3n) is 3.86. The predicted octanol–water partition coefficient (Wildman–Crippen LogP) is 3.32. The number of nitrogen functional groups attached to an aromatic ring is 1. The van der Waals surface area contributed by atoms with E-state index in [0.717, 1.165) is 22.9 Å². The van der Waals surface area contributed by atoms with Crippen molar-refractivity contribution in [2.24, 2.45) is 0 Å².